The van der Waals surface area contributed by atoms with Crippen molar-refractivity contribution in [2.45, 2.75) is 12.8 Å². The van der Waals surface area contributed by atoms with Crippen LogP contribution in [0.4, 0.5) is 5.69 Å². The molecular weight excluding hydrogens is 224 g/mol. The first-order valence-electron chi connectivity index (χ1n) is 6.45. The van der Waals surface area contributed by atoms with Gasteiger partial charge in [-0.15, -0.1) is 0 Å². The Kier molecular flexibility index (Phi) is 4.16. The number of piperidine rings is 1. The number of pyridine rings is 1. The van der Waals surface area contributed by atoms with Crippen LogP contribution < -0.4 is 4.90 Å². The highest BCUT2D eigenvalue weighted by atomic mass is 15.1. The van der Waals surface area contributed by atoms with Gasteiger partial charge in [-0.1, -0.05) is 0 Å². The summed E-state index contributed by atoms with van der Waals surface area (Å²) >= 11 is 0. The van der Waals surface area contributed by atoms with Gasteiger partial charge in [0.1, 0.15) is 11.8 Å². The Bertz CT molecular complexity index is 428. The van der Waals surface area contributed by atoms with Crippen molar-refractivity contribution in [2.24, 2.45) is 5.92 Å². The van der Waals surface area contributed by atoms with E-state index in [1.54, 1.807) is 6.20 Å². The van der Waals surface area contributed by atoms with Crippen LogP contribution in [0.3, 0.4) is 0 Å². The summed E-state index contributed by atoms with van der Waals surface area (Å²) in [6, 6.07) is 5.97. The van der Waals surface area contributed by atoms with Gasteiger partial charge in [-0.3, -0.25) is 0 Å². The van der Waals surface area contributed by atoms with Crippen LogP contribution in [-0.2, 0) is 0 Å². The molecule has 1 aliphatic heterocycles. The maximum absolute atomic E-state index is 8.87. The summed E-state index contributed by atoms with van der Waals surface area (Å²) in [4.78, 5) is 8.63. The highest BCUT2D eigenvalue weighted by Gasteiger charge is 2.20. The predicted molar refractivity (Wildman–Crippen MR) is 72.4 cm³/mol. The van der Waals surface area contributed by atoms with Crippen LogP contribution >= 0.6 is 0 Å². The van der Waals surface area contributed by atoms with Gasteiger partial charge < -0.3 is 9.80 Å². The van der Waals surface area contributed by atoms with Gasteiger partial charge in [0.05, 0.1) is 0 Å². The molecule has 0 unspecified atom stereocenters. The van der Waals surface area contributed by atoms with Crippen molar-refractivity contribution >= 4 is 5.69 Å². The number of hydrogen-bond acceptors (Lipinski definition) is 4. The average molecular weight is 244 g/mol. The molecule has 0 amide bonds. The van der Waals surface area contributed by atoms with E-state index in [0.717, 1.165) is 24.7 Å². The monoisotopic (exact) mass is 244 g/mol. The van der Waals surface area contributed by atoms with E-state index in [1.807, 2.05) is 12.1 Å². The Balaban J connectivity index is 1.95. The van der Waals surface area contributed by atoms with E-state index in [0.29, 0.717) is 5.69 Å². The molecule has 4 nitrogen and oxygen atoms in total. The number of nitriles is 1. The zero-order valence-electron chi connectivity index (χ0n) is 11.1. The summed E-state index contributed by atoms with van der Waals surface area (Å²) in [7, 11) is 4.27. The molecule has 0 atom stereocenters. The zero-order chi connectivity index (χ0) is 13.0. The summed E-state index contributed by atoms with van der Waals surface area (Å²) < 4.78 is 0. The first-order chi connectivity index (χ1) is 8.69. The molecule has 0 spiro atoms. The lowest BCUT2D eigenvalue weighted by molar-refractivity contribution is 0.285. The molecule has 0 aliphatic carbocycles. The summed E-state index contributed by atoms with van der Waals surface area (Å²) in [5.74, 6) is 0.800. The number of rotatable bonds is 3. The van der Waals surface area contributed by atoms with Crippen molar-refractivity contribution in [3.8, 4) is 6.07 Å². The van der Waals surface area contributed by atoms with Crippen molar-refractivity contribution in [2.75, 3.05) is 38.6 Å². The molecule has 1 saturated heterocycles. The smallest absolute Gasteiger partial charge is 0.142 e. The Morgan fingerprint density at radius 1 is 1.44 bits per heavy atom. The van der Waals surface area contributed by atoms with Crippen LogP contribution in [-0.4, -0.2) is 43.6 Å². The van der Waals surface area contributed by atoms with Crippen molar-refractivity contribution in [3.63, 3.8) is 0 Å². The minimum Gasteiger partial charge on any atom is -0.371 e. The lowest BCUT2D eigenvalue weighted by Gasteiger charge is -2.34. The maximum Gasteiger partial charge on any atom is 0.142 e. The van der Waals surface area contributed by atoms with Crippen LogP contribution in [0.2, 0.25) is 0 Å². The fourth-order valence-corrected chi connectivity index (χ4v) is 2.57. The SMILES string of the molecule is CN(C)CC1CCN(c2ccnc(C#N)c2)CC1. The summed E-state index contributed by atoms with van der Waals surface area (Å²) in [6.07, 6.45) is 4.17. The van der Waals surface area contributed by atoms with Crippen LogP contribution in [0.15, 0.2) is 18.3 Å². The second kappa shape index (κ2) is 5.83. The molecule has 0 bridgehead atoms. The normalized spacial score (nSPS) is 16.9. The number of aromatic nitrogens is 1. The third-order valence-corrected chi connectivity index (χ3v) is 3.46. The van der Waals surface area contributed by atoms with E-state index >= 15 is 0 Å². The topological polar surface area (TPSA) is 43.2 Å². The third-order valence-electron chi connectivity index (χ3n) is 3.46. The van der Waals surface area contributed by atoms with Crippen LogP contribution in [0.25, 0.3) is 0 Å². The largest absolute Gasteiger partial charge is 0.371 e. The first kappa shape index (κ1) is 12.8. The fraction of sp³-hybridized carbons (Fsp3) is 0.571. The Morgan fingerprint density at radius 2 is 2.17 bits per heavy atom. The Morgan fingerprint density at radius 3 is 2.78 bits per heavy atom. The highest BCUT2D eigenvalue weighted by molar-refractivity contribution is 5.49. The second-order valence-corrected chi connectivity index (χ2v) is 5.20. The standard InChI is InChI=1S/C14H20N4/c1-17(2)11-12-4-7-18(8-5-12)14-3-6-16-13(9-14)10-15/h3,6,9,12H,4-5,7-8,11H2,1-2H3. The van der Waals surface area contributed by atoms with Crippen LogP contribution in [0.1, 0.15) is 18.5 Å². The number of anilines is 1. The van der Waals surface area contributed by atoms with E-state index in [2.05, 4.69) is 34.9 Å². The summed E-state index contributed by atoms with van der Waals surface area (Å²) in [6.45, 7) is 3.33. The van der Waals surface area contributed by atoms with E-state index in [9.17, 15) is 0 Å². The molecule has 1 aromatic rings. The van der Waals surface area contributed by atoms with Gasteiger partial charge in [0, 0.05) is 31.5 Å². The molecule has 4 heteroatoms. The van der Waals surface area contributed by atoms with Crippen molar-refractivity contribution in [1.82, 2.24) is 9.88 Å². The predicted octanol–water partition coefficient (Wildman–Crippen LogP) is 1.73. The van der Waals surface area contributed by atoms with Gasteiger partial charge in [0.2, 0.25) is 0 Å². The average Bonchev–Trinajstić information content (AvgIpc) is 2.39. The lowest BCUT2D eigenvalue weighted by atomic mass is 9.96. The van der Waals surface area contributed by atoms with E-state index < -0.39 is 0 Å². The molecule has 2 rings (SSSR count). The van der Waals surface area contributed by atoms with Crippen molar-refractivity contribution in [1.29, 1.82) is 5.26 Å². The summed E-state index contributed by atoms with van der Waals surface area (Å²) in [5, 5.41) is 8.87. The van der Waals surface area contributed by atoms with Gasteiger partial charge in [-0.25, -0.2) is 4.98 Å². The van der Waals surface area contributed by atoms with E-state index in [-0.39, 0.29) is 0 Å². The van der Waals surface area contributed by atoms with Gasteiger partial charge in [0.25, 0.3) is 0 Å². The minimum absolute atomic E-state index is 0.503. The number of nitrogens with zero attached hydrogens (tertiary/aromatic N) is 4. The van der Waals surface area contributed by atoms with Crippen LogP contribution in [0.5, 0.6) is 0 Å². The fourth-order valence-electron chi connectivity index (χ4n) is 2.57. The Labute approximate surface area is 109 Å². The lowest BCUT2D eigenvalue weighted by Crippen LogP contribution is -2.37. The quantitative estimate of drug-likeness (QED) is 0.812. The molecule has 96 valence electrons. The zero-order valence-corrected chi connectivity index (χ0v) is 11.1. The van der Waals surface area contributed by atoms with Gasteiger partial charge >= 0.3 is 0 Å². The summed E-state index contributed by atoms with van der Waals surface area (Å²) in [5.41, 5.74) is 1.63. The first-order valence-corrected chi connectivity index (χ1v) is 6.45. The van der Waals surface area contributed by atoms with Gasteiger partial charge in [-0.05, 0) is 45.0 Å². The number of hydrogen-bond donors (Lipinski definition) is 0. The second-order valence-electron chi connectivity index (χ2n) is 5.20. The highest BCUT2D eigenvalue weighted by Crippen LogP contribution is 2.23. The van der Waals surface area contributed by atoms with E-state index in [4.69, 9.17) is 5.26 Å². The van der Waals surface area contributed by atoms with Crippen molar-refractivity contribution < 1.29 is 0 Å². The van der Waals surface area contributed by atoms with Gasteiger partial charge in [-0.2, -0.15) is 5.26 Å². The molecule has 2 heterocycles. The molecule has 1 fully saturated rings. The maximum atomic E-state index is 8.87. The van der Waals surface area contributed by atoms with Crippen molar-refractivity contribution in [3.05, 3.63) is 24.0 Å². The third kappa shape index (κ3) is 3.21. The molecule has 0 radical (unpaired) electrons. The van der Waals surface area contributed by atoms with Crippen LogP contribution in [0, 0.1) is 17.2 Å². The minimum atomic E-state index is 0.503. The van der Waals surface area contributed by atoms with Gasteiger partial charge in [0.15, 0.2) is 0 Å². The molecule has 0 aromatic carbocycles. The molecule has 1 aromatic heterocycles. The molecule has 0 N–H and O–H groups in total. The molecule has 18 heavy (non-hydrogen) atoms. The van der Waals surface area contributed by atoms with E-state index in [1.165, 1.54) is 19.4 Å². The molecular formula is C14H20N4. The molecule has 1 aliphatic rings. The Hall–Kier alpha value is -1.60. The molecule has 0 saturated carbocycles.